The molecule has 0 aliphatic rings. The van der Waals surface area contributed by atoms with E-state index in [0.29, 0.717) is 5.39 Å². The highest BCUT2D eigenvalue weighted by Crippen LogP contribution is 2.03. The van der Waals surface area contributed by atoms with Gasteiger partial charge in [-0.05, 0) is 17.7 Å². The SMILES string of the molecule is O=C(Cn1[nH]c(=O)c2ccccc2c1=O)OCc1ccccc1. The highest BCUT2D eigenvalue weighted by Gasteiger charge is 2.11. The summed E-state index contributed by atoms with van der Waals surface area (Å²) in [5, 5.41) is 2.96. The quantitative estimate of drug-likeness (QED) is 0.739. The Kier molecular flexibility index (Phi) is 4.05. The van der Waals surface area contributed by atoms with Gasteiger partial charge in [-0.2, -0.15) is 0 Å². The van der Waals surface area contributed by atoms with Crippen molar-refractivity contribution in [2.75, 3.05) is 0 Å². The second-order valence-corrected chi connectivity index (χ2v) is 5.02. The lowest BCUT2D eigenvalue weighted by molar-refractivity contribution is -0.146. The van der Waals surface area contributed by atoms with Gasteiger partial charge in [-0.1, -0.05) is 42.5 Å². The molecule has 0 amide bonds. The zero-order chi connectivity index (χ0) is 16.2. The summed E-state index contributed by atoms with van der Waals surface area (Å²) in [5.74, 6) is -0.595. The van der Waals surface area contributed by atoms with Crippen molar-refractivity contribution < 1.29 is 9.53 Å². The van der Waals surface area contributed by atoms with Crippen LogP contribution < -0.4 is 11.1 Å². The molecule has 116 valence electrons. The number of nitrogens with zero attached hydrogens (tertiary/aromatic N) is 1. The van der Waals surface area contributed by atoms with Crippen LogP contribution in [0.2, 0.25) is 0 Å². The van der Waals surface area contributed by atoms with Crippen molar-refractivity contribution in [3.8, 4) is 0 Å². The fourth-order valence-electron chi connectivity index (χ4n) is 2.27. The van der Waals surface area contributed by atoms with Crippen LogP contribution in [0.25, 0.3) is 10.8 Å². The monoisotopic (exact) mass is 310 g/mol. The number of aromatic amines is 1. The Bertz CT molecular complexity index is 957. The van der Waals surface area contributed by atoms with E-state index in [0.717, 1.165) is 10.2 Å². The zero-order valence-electron chi connectivity index (χ0n) is 12.2. The van der Waals surface area contributed by atoms with Crippen molar-refractivity contribution in [3.63, 3.8) is 0 Å². The number of carbonyl (C=O) groups is 1. The van der Waals surface area contributed by atoms with Crippen LogP contribution in [0.3, 0.4) is 0 Å². The third kappa shape index (κ3) is 3.21. The first-order chi connectivity index (χ1) is 11.1. The minimum absolute atomic E-state index is 0.117. The molecule has 0 fully saturated rings. The van der Waals surface area contributed by atoms with E-state index in [1.807, 2.05) is 30.3 Å². The Labute approximate surface area is 130 Å². The van der Waals surface area contributed by atoms with Gasteiger partial charge in [0.05, 0.1) is 10.8 Å². The maximum absolute atomic E-state index is 12.3. The summed E-state index contributed by atoms with van der Waals surface area (Å²) < 4.78 is 6.09. The number of nitrogens with one attached hydrogen (secondary N) is 1. The molecule has 0 spiro atoms. The van der Waals surface area contributed by atoms with Gasteiger partial charge in [-0.25, -0.2) is 4.68 Å². The number of benzene rings is 2. The Hall–Kier alpha value is -3.15. The molecule has 0 bridgehead atoms. The third-order valence-corrected chi connectivity index (χ3v) is 3.41. The van der Waals surface area contributed by atoms with Gasteiger partial charge in [0.1, 0.15) is 13.2 Å². The van der Waals surface area contributed by atoms with Crippen molar-refractivity contribution in [2.24, 2.45) is 0 Å². The number of carbonyl (C=O) groups excluding carboxylic acids is 1. The number of fused-ring (bicyclic) bond motifs is 1. The molecule has 1 aromatic heterocycles. The first-order valence-electron chi connectivity index (χ1n) is 7.06. The summed E-state index contributed by atoms with van der Waals surface area (Å²) >= 11 is 0. The normalized spacial score (nSPS) is 10.6. The van der Waals surface area contributed by atoms with Crippen molar-refractivity contribution in [1.82, 2.24) is 9.78 Å². The fraction of sp³-hybridized carbons (Fsp3) is 0.118. The topological polar surface area (TPSA) is 81.2 Å². The lowest BCUT2D eigenvalue weighted by Crippen LogP contribution is -2.32. The smallest absolute Gasteiger partial charge is 0.328 e. The van der Waals surface area contributed by atoms with Gasteiger partial charge >= 0.3 is 5.97 Å². The van der Waals surface area contributed by atoms with Crippen LogP contribution in [0.15, 0.2) is 64.2 Å². The molecule has 2 aromatic carbocycles. The molecule has 6 nitrogen and oxygen atoms in total. The fourth-order valence-corrected chi connectivity index (χ4v) is 2.27. The predicted octanol–water partition coefficient (Wildman–Crippen LogP) is 1.43. The van der Waals surface area contributed by atoms with Crippen LogP contribution in [0.1, 0.15) is 5.56 Å². The Balaban J connectivity index is 1.79. The zero-order valence-corrected chi connectivity index (χ0v) is 12.2. The summed E-state index contributed by atoms with van der Waals surface area (Å²) in [7, 11) is 0. The van der Waals surface area contributed by atoms with Crippen molar-refractivity contribution in [2.45, 2.75) is 13.2 Å². The molecule has 3 aromatic rings. The minimum atomic E-state index is -0.595. The number of hydrogen-bond acceptors (Lipinski definition) is 4. The molecule has 0 saturated carbocycles. The molecule has 0 atom stereocenters. The Morgan fingerprint density at radius 2 is 1.61 bits per heavy atom. The highest BCUT2D eigenvalue weighted by atomic mass is 16.5. The summed E-state index contributed by atoms with van der Waals surface area (Å²) in [4.78, 5) is 36.1. The van der Waals surface area contributed by atoms with Crippen molar-refractivity contribution >= 4 is 16.7 Å². The third-order valence-electron chi connectivity index (χ3n) is 3.41. The summed E-state index contributed by atoms with van der Waals surface area (Å²) in [6.07, 6.45) is 0. The van der Waals surface area contributed by atoms with Crippen LogP contribution in [-0.2, 0) is 22.7 Å². The Morgan fingerprint density at radius 3 is 2.35 bits per heavy atom. The molecule has 0 aliphatic carbocycles. The van der Waals surface area contributed by atoms with Gasteiger partial charge < -0.3 is 4.74 Å². The standard InChI is InChI=1S/C17H14N2O4/c20-15(23-11-12-6-2-1-3-7-12)10-19-17(22)14-9-5-4-8-13(14)16(21)18-19/h1-9H,10-11H2,(H,18,21). The number of aromatic nitrogens is 2. The molecular weight excluding hydrogens is 296 g/mol. The lowest BCUT2D eigenvalue weighted by atomic mass is 10.2. The van der Waals surface area contributed by atoms with E-state index < -0.39 is 17.1 Å². The van der Waals surface area contributed by atoms with Gasteiger partial charge in [0.15, 0.2) is 0 Å². The van der Waals surface area contributed by atoms with E-state index in [-0.39, 0.29) is 18.5 Å². The van der Waals surface area contributed by atoms with Gasteiger partial charge in [-0.15, -0.1) is 0 Å². The van der Waals surface area contributed by atoms with E-state index >= 15 is 0 Å². The van der Waals surface area contributed by atoms with Crippen LogP contribution in [0.4, 0.5) is 0 Å². The lowest BCUT2D eigenvalue weighted by Gasteiger charge is -2.08. The molecule has 0 aliphatic heterocycles. The summed E-state index contributed by atoms with van der Waals surface area (Å²) in [6.45, 7) is -0.224. The Morgan fingerprint density at radius 1 is 0.957 bits per heavy atom. The molecule has 1 N–H and O–H groups in total. The molecule has 0 unspecified atom stereocenters. The average molecular weight is 310 g/mol. The first kappa shape index (κ1) is 14.8. The summed E-state index contributed by atoms with van der Waals surface area (Å²) in [6, 6.07) is 15.7. The van der Waals surface area contributed by atoms with Crippen molar-refractivity contribution in [3.05, 3.63) is 80.9 Å². The molecule has 23 heavy (non-hydrogen) atoms. The predicted molar refractivity (Wildman–Crippen MR) is 85.1 cm³/mol. The molecule has 6 heteroatoms. The largest absolute Gasteiger partial charge is 0.459 e. The van der Waals surface area contributed by atoms with Crippen LogP contribution in [0, 0.1) is 0 Å². The van der Waals surface area contributed by atoms with E-state index in [2.05, 4.69) is 5.10 Å². The van der Waals surface area contributed by atoms with E-state index in [1.54, 1.807) is 24.3 Å². The number of esters is 1. The first-order valence-corrected chi connectivity index (χ1v) is 7.06. The van der Waals surface area contributed by atoms with Crippen LogP contribution in [-0.4, -0.2) is 15.7 Å². The minimum Gasteiger partial charge on any atom is -0.459 e. The number of rotatable bonds is 4. The summed E-state index contributed by atoms with van der Waals surface area (Å²) in [5.41, 5.74) is -0.00637. The van der Waals surface area contributed by atoms with Gasteiger partial charge in [0.25, 0.3) is 11.1 Å². The van der Waals surface area contributed by atoms with Gasteiger partial charge in [0.2, 0.25) is 0 Å². The molecule has 0 radical (unpaired) electrons. The molecule has 0 saturated heterocycles. The molecular formula is C17H14N2O4. The van der Waals surface area contributed by atoms with E-state index in [9.17, 15) is 14.4 Å². The van der Waals surface area contributed by atoms with Gasteiger partial charge in [0, 0.05) is 0 Å². The molecule has 1 heterocycles. The average Bonchev–Trinajstić information content (AvgIpc) is 2.59. The van der Waals surface area contributed by atoms with Crippen LogP contribution >= 0.6 is 0 Å². The number of ether oxygens (including phenoxy) is 1. The maximum Gasteiger partial charge on any atom is 0.328 e. The second-order valence-electron chi connectivity index (χ2n) is 5.02. The number of hydrogen-bond donors (Lipinski definition) is 1. The van der Waals surface area contributed by atoms with E-state index in [4.69, 9.17) is 4.74 Å². The second kappa shape index (κ2) is 6.31. The molecule has 3 rings (SSSR count). The van der Waals surface area contributed by atoms with Crippen LogP contribution in [0.5, 0.6) is 0 Å². The van der Waals surface area contributed by atoms with Crippen molar-refractivity contribution in [1.29, 1.82) is 0 Å². The van der Waals surface area contributed by atoms with Gasteiger partial charge in [-0.3, -0.25) is 19.5 Å². The number of H-pyrrole nitrogens is 1. The maximum atomic E-state index is 12.3. The van der Waals surface area contributed by atoms with E-state index in [1.165, 1.54) is 0 Å². The highest BCUT2D eigenvalue weighted by molar-refractivity contribution is 5.80.